The highest BCUT2D eigenvalue weighted by atomic mass is 35.5. The van der Waals surface area contributed by atoms with Crippen molar-refractivity contribution in [2.45, 2.75) is 46.0 Å². The molecule has 0 bridgehead atoms. The summed E-state index contributed by atoms with van der Waals surface area (Å²) in [5, 5.41) is 10.3. The van der Waals surface area contributed by atoms with Crippen molar-refractivity contribution < 1.29 is 9.47 Å². The van der Waals surface area contributed by atoms with Gasteiger partial charge in [0.05, 0.1) is 12.2 Å². The largest absolute Gasteiger partial charge is 0.472 e. The van der Waals surface area contributed by atoms with E-state index in [9.17, 15) is 5.26 Å². The molecule has 0 N–H and O–H groups in total. The predicted molar refractivity (Wildman–Crippen MR) is 92.0 cm³/mol. The summed E-state index contributed by atoms with van der Waals surface area (Å²) in [5.41, 5.74) is 4.05. The van der Waals surface area contributed by atoms with Crippen LogP contribution >= 0.6 is 11.6 Å². The molecular weight excluding hydrogens is 324 g/mol. The summed E-state index contributed by atoms with van der Waals surface area (Å²) in [6.45, 7) is 6.81. The van der Waals surface area contributed by atoms with Gasteiger partial charge in [0.1, 0.15) is 18.2 Å². The van der Waals surface area contributed by atoms with Crippen molar-refractivity contribution >= 4 is 11.6 Å². The van der Waals surface area contributed by atoms with Crippen molar-refractivity contribution in [1.82, 2.24) is 4.98 Å². The average molecular weight is 343 g/mol. The fourth-order valence-electron chi connectivity index (χ4n) is 2.86. The smallest absolute Gasteiger partial charge is 0.232 e. The number of halogens is 1. The molecule has 1 aliphatic heterocycles. The van der Waals surface area contributed by atoms with Gasteiger partial charge in [-0.1, -0.05) is 23.7 Å². The van der Waals surface area contributed by atoms with E-state index in [4.69, 9.17) is 21.1 Å². The van der Waals surface area contributed by atoms with Crippen molar-refractivity contribution in [1.29, 1.82) is 5.26 Å². The van der Waals surface area contributed by atoms with Crippen LogP contribution in [0.1, 0.15) is 41.8 Å². The Labute approximate surface area is 147 Å². The number of hydrogen-bond acceptors (Lipinski definition) is 4. The Hall–Kier alpha value is -2.09. The first-order chi connectivity index (χ1) is 11.4. The molecule has 2 aromatic rings. The number of hydrogen-bond donors (Lipinski definition) is 0. The summed E-state index contributed by atoms with van der Waals surface area (Å²) in [7, 11) is 0. The van der Waals surface area contributed by atoms with Crippen LogP contribution in [-0.4, -0.2) is 10.6 Å². The number of nitriles is 1. The summed E-state index contributed by atoms with van der Waals surface area (Å²) in [6.07, 6.45) is 0.673. The van der Waals surface area contributed by atoms with Gasteiger partial charge in [0.25, 0.3) is 0 Å². The van der Waals surface area contributed by atoms with Gasteiger partial charge < -0.3 is 9.47 Å². The van der Waals surface area contributed by atoms with Crippen LogP contribution < -0.4 is 4.74 Å². The van der Waals surface area contributed by atoms with Crippen molar-refractivity contribution in [2.24, 2.45) is 0 Å². The minimum absolute atomic E-state index is 0.292. The average Bonchev–Trinajstić information content (AvgIpc) is 2.53. The van der Waals surface area contributed by atoms with Crippen LogP contribution in [0.15, 0.2) is 24.3 Å². The molecule has 0 atom stereocenters. The molecule has 0 fully saturated rings. The van der Waals surface area contributed by atoms with E-state index in [1.807, 2.05) is 45.0 Å². The highest BCUT2D eigenvalue weighted by Crippen LogP contribution is 2.34. The molecule has 1 aliphatic rings. The standard InChI is InChI=1S/C19H19ClN2O2/c1-12-17-11-24-19(2,3)8-15(17)16(9-21)18(22-12)23-10-13-4-6-14(20)7-5-13/h4-7H,8,10-11H2,1-3H3. The molecule has 0 saturated carbocycles. The number of fused-ring (bicyclic) bond motifs is 1. The van der Waals surface area contributed by atoms with Gasteiger partial charge in [0, 0.05) is 22.7 Å². The third-order valence-corrected chi connectivity index (χ3v) is 4.45. The van der Waals surface area contributed by atoms with E-state index in [2.05, 4.69) is 11.1 Å². The number of aromatic nitrogens is 1. The quantitative estimate of drug-likeness (QED) is 0.832. The van der Waals surface area contributed by atoms with Crippen LogP contribution in [0.25, 0.3) is 0 Å². The zero-order valence-electron chi connectivity index (χ0n) is 14.0. The van der Waals surface area contributed by atoms with Crippen molar-refractivity contribution in [2.75, 3.05) is 0 Å². The minimum atomic E-state index is -0.292. The molecule has 3 rings (SSSR count). The minimum Gasteiger partial charge on any atom is -0.472 e. The van der Waals surface area contributed by atoms with Crippen molar-refractivity contribution in [3.8, 4) is 11.9 Å². The fraction of sp³-hybridized carbons (Fsp3) is 0.368. The lowest BCUT2D eigenvalue weighted by atomic mass is 9.88. The Morgan fingerprint density at radius 3 is 2.67 bits per heavy atom. The van der Waals surface area contributed by atoms with Crippen molar-refractivity contribution in [3.63, 3.8) is 0 Å². The van der Waals surface area contributed by atoms with Crippen LogP contribution in [0.5, 0.6) is 5.88 Å². The third-order valence-electron chi connectivity index (χ3n) is 4.20. The number of benzene rings is 1. The molecule has 0 unspecified atom stereocenters. The van der Waals surface area contributed by atoms with Gasteiger partial charge in [-0.15, -0.1) is 0 Å². The maximum atomic E-state index is 9.64. The molecule has 24 heavy (non-hydrogen) atoms. The number of rotatable bonds is 3. The molecule has 0 aliphatic carbocycles. The Morgan fingerprint density at radius 2 is 2.00 bits per heavy atom. The van der Waals surface area contributed by atoms with Crippen LogP contribution in [0.2, 0.25) is 5.02 Å². The molecule has 5 heteroatoms. The number of aryl methyl sites for hydroxylation is 1. The lowest BCUT2D eigenvalue weighted by molar-refractivity contribution is -0.0407. The van der Waals surface area contributed by atoms with E-state index in [0.717, 1.165) is 22.4 Å². The van der Waals surface area contributed by atoms with E-state index in [0.29, 0.717) is 36.1 Å². The Bertz CT molecular complexity index is 808. The van der Waals surface area contributed by atoms with E-state index in [-0.39, 0.29) is 5.60 Å². The summed E-state index contributed by atoms with van der Waals surface area (Å²) in [6, 6.07) is 9.70. The third kappa shape index (κ3) is 3.38. The Kier molecular flexibility index (Phi) is 4.49. The lowest BCUT2D eigenvalue weighted by Gasteiger charge is -2.33. The summed E-state index contributed by atoms with van der Waals surface area (Å²) in [4.78, 5) is 4.49. The second-order valence-corrected chi connectivity index (χ2v) is 7.02. The van der Waals surface area contributed by atoms with Crippen LogP contribution in [0.3, 0.4) is 0 Å². The Balaban J connectivity index is 1.92. The zero-order chi connectivity index (χ0) is 17.3. The first-order valence-corrected chi connectivity index (χ1v) is 8.21. The fourth-order valence-corrected chi connectivity index (χ4v) is 2.98. The van der Waals surface area contributed by atoms with Gasteiger partial charge in [0.15, 0.2) is 0 Å². The summed E-state index contributed by atoms with van der Waals surface area (Å²) >= 11 is 5.90. The van der Waals surface area contributed by atoms with Gasteiger partial charge in [-0.05, 0) is 44.0 Å². The summed E-state index contributed by atoms with van der Waals surface area (Å²) in [5.74, 6) is 0.390. The topological polar surface area (TPSA) is 55.1 Å². The summed E-state index contributed by atoms with van der Waals surface area (Å²) < 4.78 is 11.7. The molecule has 0 amide bonds. The van der Waals surface area contributed by atoms with E-state index in [1.54, 1.807) is 0 Å². The normalized spacial score (nSPS) is 15.5. The van der Waals surface area contributed by atoms with Gasteiger partial charge in [0.2, 0.25) is 5.88 Å². The van der Waals surface area contributed by atoms with E-state index >= 15 is 0 Å². The molecule has 1 aromatic heterocycles. The van der Waals surface area contributed by atoms with Gasteiger partial charge in [-0.2, -0.15) is 5.26 Å². The SMILES string of the molecule is Cc1nc(OCc2ccc(Cl)cc2)c(C#N)c2c1COC(C)(C)C2. The maximum absolute atomic E-state index is 9.64. The monoisotopic (exact) mass is 342 g/mol. The highest BCUT2D eigenvalue weighted by molar-refractivity contribution is 6.30. The van der Waals surface area contributed by atoms with Gasteiger partial charge >= 0.3 is 0 Å². The molecule has 4 nitrogen and oxygen atoms in total. The molecular formula is C19H19ClN2O2. The molecule has 1 aromatic carbocycles. The molecule has 0 spiro atoms. The predicted octanol–water partition coefficient (Wildman–Crippen LogP) is 4.35. The van der Waals surface area contributed by atoms with Gasteiger partial charge in [-0.25, -0.2) is 4.98 Å². The molecule has 2 heterocycles. The first kappa shape index (κ1) is 16.8. The number of ether oxygens (including phenoxy) is 2. The van der Waals surface area contributed by atoms with E-state index in [1.165, 1.54) is 0 Å². The second kappa shape index (κ2) is 6.43. The van der Waals surface area contributed by atoms with Crippen LogP contribution in [0.4, 0.5) is 0 Å². The lowest BCUT2D eigenvalue weighted by Crippen LogP contribution is -2.33. The Morgan fingerprint density at radius 1 is 1.29 bits per heavy atom. The highest BCUT2D eigenvalue weighted by Gasteiger charge is 2.31. The van der Waals surface area contributed by atoms with E-state index < -0.39 is 0 Å². The molecule has 124 valence electrons. The number of pyridine rings is 1. The van der Waals surface area contributed by atoms with Gasteiger partial charge in [-0.3, -0.25) is 0 Å². The van der Waals surface area contributed by atoms with Crippen LogP contribution in [-0.2, 0) is 24.4 Å². The molecule has 0 radical (unpaired) electrons. The molecule has 0 saturated heterocycles. The zero-order valence-corrected chi connectivity index (χ0v) is 14.8. The van der Waals surface area contributed by atoms with Crippen molar-refractivity contribution in [3.05, 3.63) is 57.2 Å². The first-order valence-electron chi connectivity index (χ1n) is 7.83. The second-order valence-electron chi connectivity index (χ2n) is 6.59. The number of nitrogens with zero attached hydrogens (tertiary/aromatic N) is 2. The van der Waals surface area contributed by atoms with Crippen LogP contribution in [0, 0.1) is 18.3 Å². The maximum Gasteiger partial charge on any atom is 0.232 e.